The van der Waals surface area contributed by atoms with Crippen molar-refractivity contribution in [1.29, 1.82) is 0 Å². The van der Waals surface area contributed by atoms with Crippen LogP contribution in [0.5, 0.6) is 0 Å². The molecule has 2 aromatic rings. The Kier molecular flexibility index (Phi) is 5.43. The van der Waals surface area contributed by atoms with Crippen LogP contribution in [0, 0.1) is 5.92 Å². The molecule has 0 bridgehead atoms. The van der Waals surface area contributed by atoms with Crippen LogP contribution in [0.1, 0.15) is 27.3 Å². The summed E-state index contributed by atoms with van der Waals surface area (Å²) >= 11 is 0. The van der Waals surface area contributed by atoms with E-state index in [1.54, 1.807) is 18.2 Å². The Morgan fingerprint density at radius 3 is 2.92 bits per heavy atom. The summed E-state index contributed by atoms with van der Waals surface area (Å²) in [5, 5.41) is 8.73. The van der Waals surface area contributed by atoms with Gasteiger partial charge in [-0.1, -0.05) is 12.1 Å². The fourth-order valence-corrected chi connectivity index (χ4v) is 2.87. The van der Waals surface area contributed by atoms with Gasteiger partial charge in [0.05, 0.1) is 11.9 Å². The Morgan fingerprint density at radius 1 is 1.35 bits per heavy atom. The van der Waals surface area contributed by atoms with Crippen molar-refractivity contribution in [1.82, 2.24) is 25.9 Å². The van der Waals surface area contributed by atoms with Gasteiger partial charge in [0.25, 0.3) is 11.8 Å². The SMILES string of the molecule is CNC(=O)c1nc(-c2cccc(C(=O)NCC3CCNC3)c2)cnc1N. The summed E-state index contributed by atoms with van der Waals surface area (Å²) in [5.41, 5.74) is 7.49. The molecule has 1 saturated heterocycles. The summed E-state index contributed by atoms with van der Waals surface area (Å²) in [5.74, 6) is -0.00279. The van der Waals surface area contributed by atoms with Crippen LogP contribution >= 0.6 is 0 Å². The minimum absolute atomic E-state index is 0.0622. The lowest BCUT2D eigenvalue weighted by Crippen LogP contribution is -2.30. The molecule has 0 spiro atoms. The van der Waals surface area contributed by atoms with E-state index in [1.165, 1.54) is 13.2 Å². The number of aromatic nitrogens is 2. The number of amides is 2. The molecule has 0 saturated carbocycles. The van der Waals surface area contributed by atoms with Gasteiger partial charge in [-0.15, -0.1) is 0 Å². The van der Waals surface area contributed by atoms with Crippen LogP contribution < -0.4 is 21.7 Å². The first-order chi connectivity index (χ1) is 12.6. The molecule has 0 aliphatic carbocycles. The van der Waals surface area contributed by atoms with Crippen molar-refractivity contribution in [2.45, 2.75) is 6.42 Å². The minimum Gasteiger partial charge on any atom is -0.382 e. The highest BCUT2D eigenvalue weighted by atomic mass is 16.2. The molecule has 2 amide bonds. The van der Waals surface area contributed by atoms with Crippen LogP contribution in [-0.2, 0) is 0 Å². The van der Waals surface area contributed by atoms with Crippen molar-refractivity contribution in [2.24, 2.45) is 5.92 Å². The van der Waals surface area contributed by atoms with Crippen molar-refractivity contribution in [2.75, 3.05) is 32.4 Å². The Balaban J connectivity index is 1.78. The number of anilines is 1. The quantitative estimate of drug-likeness (QED) is 0.617. The van der Waals surface area contributed by atoms with Crippen molar-refractivity contribution in [3.8, 4) is 11.3 Å². The summed E-state index contributed by atoms with van der Waals surface area (Å²) in [6.07, 6.45) is 2.56. The lowest BCUT2D eigenvalue weighted by molar-refractivity contribution is 0.0943. The van der Waals surface area contributed by atoms with Gasteiger partial charge in [0.2, 0.25) is 0 Å². The van der Waals surface area contributed by atoms with Gasteiger partial charge in [0, 0.05) is 24.7 Å². The van der Waals surface area contributed by atoms with Gasteiger partial charge < -0.3 is 21.7 Å². The highest BCUT2D eigenvalue weighted by Crippen LogP contribution is 2.20. The van der Waals surface area contributed by atoms with Gasteiger partial charge in [0.15, 0.2) is 11.5 Å². The van der Waals surface area contributed by atoms with E-state index in [-0.39, 0.29) is 17.4 Å². The fourth-order valence-electron chi connectivity index (χ4n) is 2.87. The average molecular weight is 354 g/mol. The number of hydrogen-bond acceptors (Lipinski definition) is 6. The number of hydrogen-bond donors (Lipinski definition) is 4. The Bertz CT molecular complexity index is 817. The molecule has 136 valence electrons. The second kappa shape index (κ2) is 7.92. The smallest absolute Gasteiger partial charge is 0.273 e. The van der Waals surface area contributed by atoms with Crippen LogP contribution in [-0.4, -0.2) is 48.5 Å². The minimum atomic E-state index is -0.407. The van der Waals surface area contributed by atoms with Crippen molar-refractivity contribution in [3.63, 3.8) is 0 Å². The third-order valence-corrected chi connectivity index (χ3v) is 4.38. The topological polar surface area (TPSA) is 122 Å². The molecule has 2 heterocycles. The van der Waals surface area contributed by atoms with Crippen molar-refractivity contribution in [3.05, 3.63) is 41.7 Å². The number of benzene rings is 1. The Labute approximate surface area is 151 Å². The first kappa shape index (κ1) is 17.8. The highest BCUT2D eigenvalue weighted by Gasteiger charge is 2.17. The Hall–Kier alpha value is -3.00. The van der Waals surface area contributed by atoms with Crippen molar-refractivity contribution >= 4 is 17.6 Å². The first-order valence-electron chi connectivity index (χ1n) is 8.52. The molecule has 26 heavy (non-hydrogen) atoms. The molecule has 8 nitrogen and oxygen atoms in total. The summed E-state index contributed by atoms with van der Waals surface area (Å²) < 4.78 is 0. The summed E-state index contributed by atoms with van der Waals surface area (Å²) in [7, 11) is 1.50. The predicted molar refractivity (Wildman–Crippen MR) is 98.6 cm³/mol. The number of nitrogens with two attached hydrogens (primary N) is 1. The van der Waals surface area contributed by atoms with E-state index in [4.69, 9.17) is 5.73 Å². The number of carbonyl (C=O) groups is 2. The predicted octanol–water partition coefficient (Wildman–Crippen LogP) is 0.425. The van der Waals surface area contributed by atoms with E-state index in [9.17, 15) is 9.59 Å². The maximum atomic E-state index is 12.4. The van der Waals surface area contributed by atoms with Gasteiger partial charge in [-0.3, -0.25) is 9.59 Å². The monoisotopic (exact) mass is 354 g/mol. The second-order valence-electron chi connectivity index (χ2n) is 6.22. The van der Waals surface area contributed by atoms with Crippen LogP contribution in [0.2, 0.25) is 0 Å². The molecule has 3 rings (SSSR count). The second-order valence-corrected chi connectivity index (χ2v) is 6.22. The van der Waals surface area contributed by atoms with Gasteiger partial charge in [-0.05, 0) is 37.6 Å². The van der Waals surface area contributed by atoms with E-state index < -0.39 is 5.91 Å². The van der Waals surface area contributed by atoms with E-state index in [0.717, 1.165) is 19.5 Å². The molecule has 1 fully saturated rings. The molecular weight excluding hydrogens is 332 g/mol. The summed E-state index contributed by atoms with van der Waals surface area (Å²) in [6.45, 7) is 2.58. The highest BCUT2D eigenvalue weighted by molar-refractivity contribution is 5.97. The molecule has 0 radical (unpaired) electrons. The van der Waals surface area contributed by atoms with E-state index in [1.807, 2.05) is 6.07 Å². The van der Waals surface area contributed by atoms with Crippen LogP contribution in [0.15, 0.2) is 30.5 Å². The van der Waals surface area contributed by atoms with Crippen LogP contribution in [0.25, 0.3) is 11.3 Å². The molecule has 1 aromatic carbocycles. The maximum absolute atomic E-state index is 12.4. The average Bonchev–Trinajstić information content (AvgIpc) is 3.19. The number of nitrogens with zero attached hydrogens (tertiary/aromatic N) is 2. The number of rotatable bonds is 5. The first-order valence-corrected chi connectivity index (χ1v) is 8.52. The molecule has 1 aliphatic heterocycles. The molecule has 8 heteroatoms. The number of carbonyl (C=O) groups excluding carboxylic acids is 2. The molecule has 1 unspecified atom stereocenters. The fraction of sp³-hybridized carbons (Fsp3) is 0.333. The van der Waals surface area contributed by atoms with E-state index >= 15 is 0 Å². The number of nitrogen functional groups attached to an aromatic ring is 1. The molecule has 5 N–H and O–H groups in total. The largest absolute Gasteiger partial charge is 0.382 e. The normalized spacial score (nSPS) is 16.3. The zero-order chi connectivity index (χ0) is 18.5. The maximum Gasteiger partial charge on any atom is 0.273 e. The summed E-state index contributed by atoms with van der Waals surface area (Å²) in [6, 6.07) is 7.07. The van der Waals surface area contributed by atoms with Crippen molar-refractivity contribution < 1.29 is 9.59 Å². The third-order valence-electron chi connectivity index (χ3n) is 4.38. The van der Waals surface area contributed by atoms with Gasteiger partial charge in [-0.2, -0.15) is 0 Å². The molecule has 1 atom stereocenters. The molecular formula is C18H22N6O2. The van der Waals surface area contributed by atoms with Gasteiger partial charge >= 0.3 is 0 Å². The zero-order valence-electron chi connectivity index (χ0n) is 14.6. The lowest BCUT2D eigenvalue weighted by atomic mass is 10.1. The third kappa shape index (κ3) is 3.97. The van der Waals surface area contributed by atoms with Crippen LogP contribution in [0.4, 0.5) is 5.82 Å². The molecule has 1 aliphatic rings. The van der Waals surface area contributed by atoms with Gasteiger partial charge in [-0.25, -0.2) is 9.97 Å². The zero-order valence-corrected chi connectivity index (χ0v) is 14.6. The van der Waals surface area contributed by atoms with E-state index in [0.29, 0.717) is 29.3 Å². The Morgan fingerprint density at radius 2 is 2.19 bits per heavy atom. The summed E-state index contributed by atoms with van der Waals surface area (Å²) in [4.78, 5) is 32.6. The molecule has 1 aromatic heterocycles. The van der Waals surface area contributed by atoms with E-state index in [2.05, 4.69) is 25.9 Å². The van der Waals surface area contributed by atoms with Crippen LogP contribution in [0.3, 0.4) is 0 Å². The standard InChI is InChI=1S/C18H22N6O2/c1-20-18(26)15-16(19)22-10-14(24-15)12-3-2-4-13(7-12)17(25)23-9-11-5-6-21-8-11/h2-4,7,10-11,21H,5-6,8-9H2,1H3,(H2,19,22)(H,20,26)(H,23,25). The van der Waals surface area contributed by atoms with Gasteiger partial charge in [0.1, 0.15) is 0 Å². The number of nitrogens with one attached hydrogen (secondary N) is 3. The lowest BCUT2D eigenvalue weighted by Gasteiger charge is -2.11.